The minimum atomic E-state index is 0.816. The summed E-state index contributed by atoms with van der Waals surface area (Å²) < 4.78 is 0. The van der Waals surface area contributed by atoms with Crippen LogP contribution in [-0.4, -0.2) is 10.9 Å². The molecule has 2 aromatic carbocycles. The monoisotopic (exact) mass is 237 g/mol. The molecule has 3 rings (SSSR count). The Balaban J connectivity index is 2.07. The van der Waals surface area contributed by atoms with Gasteiger partial charge in [0.25, 0.3) is 0 Å². The van der Waals surface area contributed by atoms with Gasteiger partial charge in [-0.15, -0.1) is 0 Å². The average Bonchev–Trinajstić information content (AvgIpc) is 2.47. The lowest BCUT2D eigenvalue weighted by molar-refractivity contribution is 0.317. The van der Waals surface area contributed by atoms with Crippen LogP contribution >= 0.6 is 0 Å². The zero-order valence-electron chi connectivity index (χ0n) is 10.1. The van der Waals surface area contributed by atoms with Crippen LogP contribution in [0.3, 0.4) is 0 Å². The predicted octanol–water partition coefficient (Wildman–Crippen LogP) is 3.87. The van der Waals surface area contributed by atoms with Gasteiger partial charge in [-0.1, -0.05) is 53.7 Å². The van der Waals surface area contributed by atoms with E-state index in [0.29, 0.717) is 0 Å². The molecule has 0 amide bonds. The third kappa shape index (κ3) is 1.90. The maximum absolute atomic E-state index is 9.01. The molecule has 2 heteroatoms. The molecule has 0 spiro atoms. The number of nitrogens with zero attached hydrogens (tertiary/aromatic N) is 1. The average molecular weight is 237 g/mol. The van der Waals surface area contributed by atoms with E-state index in [1.54, 1.807) is 0 Å². The van der Waals surface area contributed by atoms with Crippen molar-refractivity contribution in [1.29, 1.82) is 0 Å². The van der Waals surface area contributed by atoms with E-state index in [-0.39, 0.29) is 0 Å². The van der Waals surface area contributed by atoms with Crippen molar-refractivity contribution in [1.82, 2.24) is 0 Å². The van der Waals surface area contributed by atoms with Crippen molar-refractivity contribution in [2.45, 2.75) is 19.3 Å². The van der Waals surface area contributed by atoms with Crippen molar-refractivity contribution in [3.8, 4) is 11.1 Å². The molecule has 0 atom stereocenters. The first-order chi connectivity index (χ1) is 8.88. The molecule has 1 aliphatic rings. The maximum atomic E-state index is 9.01. The number of oxime groups is 1. The highest BCUT2D eigenvalue weighted by Gasteiger charge is 2.16. The molecule has 0 aliphatic heterocycles. The fourth-order valence-corrected chi connectivity index (χ4v) is 2.58. The minimum Gasteiger partial charge on any atom is -0.411 e. The van der Waals surface area contributed by atoms with Crippen LogP contribution in [0.2, 0.25) is 0 Å². The van der Waals surface area contributed by atoms with Crippen molar-refractivity contribution in [3.63, 3.8) is 0 Å². The first-order valence-corrected chi connectivity index (χ1v) is 6.28. The standard InChI is InChI=1S/C16H15NO/c18-17-16-8-4-7-14-11-13(9-10-15(14)16)12-5-2-1-3-6-12/h1-3,5-6,9-11,18H,4,7-8H2. The van der Waals surface area contributed by atoms with Gasteiger partial charge >= 0.3 is 0 Å². The lowest BCUT2D eigenvalue weighted by Gasteiger charge is -2.17. The maximum Gasteiger partial charge on any atom is 0.0870 e. The fraction of sp³-hybridized carbons (Fsp3) is 0.188. The number of hydrogen-bond donors (Lipinski definition) is 1. The molecule has 0 heterocycles. The number of aryl methyl sites for hydroxylation is 1. The molecule has 2 aromatic rings. The van der Waals surface area contributed by atoms with Gasteiger partial charge in [-0.2, -0.15) is 0 Å². The first kappa shape index (κ1) is 11.0. The van der Waals surface area contributed by atoms with Crippen molar-refractivity contribution < 1.29 is 5.21 Å². The second kappa shape index (κ2) is 4.65. The van der Waals surface area contributed by atoms with Crippen LogP contribution in [0.4, 0.5) is 0 Å². The van der Waals surface area contributed by atoms with E-state index in [1.165, 1.54) is 16.7 Å². The van der Waals surface area contributed by atoms with Gasteiger partial charge in [0.05, 0.1) is 5.71 Å². The summed E-state index contributed by atoms with van der Waals surface area (Å²) in [6, 6.07) is 16.8. The smallest absolute Gasteiger partial charge is 0.0870 e. The Morgan fingerprint density at radius 2 is 1.72 bits per heavy atom. The van der Waals surface area contributed by atoms with E-state index in [2.05, 4.69) is 47.6 Å². The summed E-state index contributed by atoms with van der Waals surface area (Å²) in [5, 5.41) is 12.4. The Morgan fingerprint density at radius 3 is 2.50 bits per heavy atom. The minimum absolute atomic E-state index is 0.816. The Hall–Kier alpha value is -2.09. The van der Waals surface area contributed by atoms with Gasteiger partial charge in [0.1, 0.15) is 0 Å². The molecule has 0 saturated carbocycles. The molecule has 90 valence electrons. The van der Waals surface area contributed by atoms with Gasteiger partial charge in [0, 0.05) is 5.56 Å². The van der Waals surface area contributed by atoms with Crippen molar-refractivity contribution in [2.24, 2.45) is 5.16 Å². The van der Waals surface area contributed by atoms with Crippen LogP contribution in [-0.2, 0) is 6.42 Å². The first-order valence-electron chi connectivity index (χ1n) is 6.28. The van der Waals surface area contributed by atoms with E-state index in [1.807, 2.05) is 6.07 Å². The Bertz CT molecular complexity index is 587. The van der Waals surface area contributed by atoms with Gasteiger partial charge in [0.2, 0.25) is 0 Å². The number of rotatable bonds is 1. The van der Waals surface area contributed by atoms with E-state index < -0.39 is 0 Å². The summed E-state index contributed by atoms with van der Waals surface area (Å²) in [5.74, 6) is 0. The molecular weight excluding hydrogens is 222 g/mol. The highest BCUT2D eigenvalue weighted by Crippen LogP contribution is 2.27. The molecule has 1 N–H and O–H groups in total. The third-order valence-corrected chi connectivity index (χ3v) is 3.50. The lowest BCUT2D eigenvalue weighted by Crippen LogP contribution is -2.11. The van der Waals surface area contributed by atoms with Crippen LogP contribution in [0.15, 0.2) is 53.7 Å². The van der Waals surface area contributed by atoms with Crippen molar-refractivity contribution >= 4 is 5.71 Å². The quantitative estimate of drug-likeness (QED) is 0.592. The molecule has 0 fully saturated rings. The Morgan fingerprint density at radius 1 is 0.889 bits per heavy atom. The molecule has 0 bridgehead atoms. The lowest BCUT2D eigenvalue weighted by atomic mass is 9.88. The normalized spacial score (nSPS) is 16.6. The summed E-state index contributed by atoms with van der Waals surface area (Å²) in [7, 11) is 0. The topological polar surface area (TPSA) is 32.6 Å². The summed E-state index contributed by atoms with van der Waals surface area (Å²) in [4.78, 5) is 0. The van der Waals surface area contributed by atoms with Crippen LogP contribution in [0.1, 0.15) is 24.0 Å². The molecule has 0 saturated heterocycles. The van der Waals surface area contributed by atoms with E-state index >= 15 is 0 Å². The summed E-state index contributed by atoms with van der Waals surface area (Å²) in [6.45, 7) is 0. The number of benzene rings is 2. The molecular formula is C16H15NO. The fourth-order valence-electron chi connectivity index (χ4n) is 2.58. The van der Waals surface area contributed by atoms with Crippen LogP contribution in [0.5, 0.6) is 0 Å². The summed E-state index contributed by atoms with van der Waals surface area (Å²) >= 11 is 0. The van der Waals surface area contributed by atoms with E-state index in [0.717, 1.165) is 30.5 Å². The predicted molar refractivity (Wildman–Crippen MR) is 73.1 cm³/mol. The zero-order valence-corrected chi connectivity index (χ0v) is 10.1. The van der Waals surface area contributed by atoms with Crippen molar-refractivity contribution in [3.05, 3.63) is 59.7 Å². The van der Waals surface area contributed by atoms with Gasteiger partial charge in [0.15, 0.2) is 0 Å². The van der Waals surface area contributed by atoms with Gasteiger partial charge in [-0.3, -0.25) is 0 Å². The zero-order chi connectivity index (χ0) is 12.4. The van der Waals surface area contributed by atoms with Crippen LogP contribution < -0.4 is 0 Å². The Labute approximate surface area is 107 Å². The molecule has 1 aliphatic carbocycles. The van der Waals surface area contributed by atoms with Gasteiger partial charge in [-0.05, 0) is 36.0 Å². The van der Waals surface area contributed by atoms with E-state index in [4.69, 9.17) is 5.21 Å². The highest BCUT2D eigenvalue weighted by atomic mass is 16.4. The SMILES string of the molecule is ON=C1CCCc2cc(-c3ccccc3)ccc21. The second-order valence-electron chi connectivity index (χ2n) is 4.64. The number of fused-ring (bicyclic) bond motifs is 1. The molecule has 0 radical (unpaired) electrons. The van der Waals surface area contributed by atoms with Gasteiger partial charge < -0.3 is 5.21 Å². The summed E-state index contributed by atoms with van der Waals surface area (Å²) in [5.41, 5.74) is 5.66. The molecule has 0 aromatic heterocycles. The molecule has 18 heavy (non-hydrogen) atoms. The third-order valence-electron chi connectivity index (χ3n) is 3.50. The van der Waals surface area contributed by atoms with Crippen molar-refractivity contribution in [2.75, 3.05) is 0 Å². The van der Waals surface area contributed by atoms with Crippen LogP contribution in [0, 0.1) is 0 Å². The molecule has 2 nitrogen and oxygen atoms in total. The highest BCUT2D eigenvalue weighted by molar-refractivity contribution is 6.02. The molecule has 0 unspecified atom stereocenters. The summed E-state index contributed by atoms with van der Waals surface area (Å²) in [6.07, 6.45) is 2.99. The largest absolute Gasteiger partial charge is 0.411 e. The van der Waals surface area contributed by atoms with E-state index in [9.17, 15) is 0 Å². The Kier molecular flexibility index (Phi) is 2.85. The van der Waals surface area contributed by atoms with Crippen LogP contribution in [0.25, 0.3) is 11.1 Å². The number of hydrogen-bond acceptors (Lipinski definition) is 2. The second-order valence-corrected chi connectivity index (χ2v) is 4.64. The van der Waals surface area contributed by atoms with Gasteiger partial charge in [-0.25, -0.2) is 0 Å².